The molecule has 3 aliphatic rings. The standard InChI is InChI=1S/C24H25FN6O4S/c25-15-8-27-17-1-2-21(34)31-14(11-35-23(15)22(17)31)9-30-4-3-16(19(32)10-30)26-6-13-5-18-24(28-7-13)36-12-20(33)29-18/h1-2,5,7-8,14,16,19,26,32H,3-4,6,9-12H2,(H,29,33)/t14-,16+,19-/m1/s1. The van der Waals surface area contributed by atoms with Gasteiger partial charge in [-0.15, -0.1) is 0 Å². The maximum absolute atomic E-state index is 14.3. The summed E-state index contributed by atoms with van der Waals surface area (Å²) in [5.41, 5.74) is 2.31. The summed E-state index contributed by atoms with van der Waals surface area (Å²) in [6.07, 6.45) is 3.00. The van der Waals surface area contributed by atoms with Gasteiger partial charge in [0, 0.05) is 37.9 Å². The van der Waals surface area contributed by atoms with E-state index in [1.807, 2.05) is 6.07 Å². The lowest BCUT2D eigenvalue weighted by molar-refractivity contribution is -0.113. The molecule has 6 heterocycles. The molecule has 3 aromatic rings. The van der Waals surface area contributed by atoms with Crippen LogP contribution in [0.15, 0.2) is 40.4 Å². The smallest absolute Gasteiger partial charge is 0.251 e. The molecule has 1 fully saturated rings. The fraction of sp³-hybridized carbons (Fsp3) is 0.417. The fourth-order valence-electron chi connectivity index (χ4n) is 5.12. The lowest BCUT2D eigenvalue weighted by Gasteiger charge is -2.39. The Hall–Kier alpha value is -3.06. The number of pyridine rings is 3. The molecule has 1 amide bonds. The van der Waals surface area contributed by atoms with Gasteiger partial charge in [0.1, 0.15) is 17.1 Å². The third kappa shape index (κ3) is 4.34. The molecule has 3 aliphatic heterocycles. The number of ether oxygens (including phenoxy) is 1. The Morgan fingerprint density at radius 2 is 2.17 bits per heavy atom. The highest BCUT2D eigenvalue weighted by molar-refractivity contribution is 8.00. The molecule has 0 unspecified atom stereocenters. The van der Waals surface area contributed by atoms with Crippen LogP contribution >= 0.6 is 11.8 Å². The number of hydrogen-bond acceptors (Lipinski definition) is 9. The first-order valence-corrected chi connectivity index (χ1v) is 12.8. The average Bonchev–Trinajstić information content (AvgIpc) is 2.87. The number of fused-ring (bicyclic) bond motifs is 1. The summed E-state index contributed by atoms with van der Waals surface area (Å²) in [6.45, 7) is 2.33. The second-order valence-electron chi connectivity index (χ2n) is 9.31. The van der Waals surface area contributed by atoms with Crippen LogP contribution in [-0.2, 0) is 11.3 Å². The number of halogens is 1. The molecule has 36 heavy (non-hydrogen) atoms. The van der Waals surface area contributed by atoms with E-state index >= 15 is 0 Å². The van der Waals surface area contributed by atoms with Crippen molar-refractivity contribution in [2.45, 2.75) is 36.2 Å². The summed E-state index contributed by atoms with van der Waals surface area (Å²) in [5.74, 6) is -0.182. The molecule has 0 aliphatic carbocycles. The highest BCUT2D eigenvalue weighted by atomic mass is 32.2. The molecule has 188 valence electrons. The molecular formula is C24H25FN6O4S. The third-order valence-electron chi connectivity index (χ3n) is 6.86. The Kier molecular flexibility index (Phi) is 6.12. The number of amides is 1. The number of anilines is 1. The first-order valence-electron chi connectivity index (χ1n) is 11.8. The fourth-order valence-corrected chi connectivity index (χ4v) is 5.86. The van der Waals surface area contributed by atoms with Gasteiger partial charge in [-0.1, -0.05) is 11.8 Å². The molecule has 0 aromatic carbocycles. The Bertz CT molecular complexity index is 1400. The van der Waals surface area contributed by atoms with Gasteiger partial charge in [0.15, 0.2) is 11.6 Å². The van der Waals surface area contributed by atoms with E-state index in [1.54, 1.807) is 16.8 Å². The summed E-state index contributed by atoms with van der Waals surface area (Å²) >= 11 is 1.42. The summed E-state index contributed by atoms with van der Waals surface area (Å²) in [5, 5.41) is 17.9. The number of aliphatic hydroxyl groups is 1. The highest BCUT2D eigenvalue weighted by Gasteiger charge is 2.32. The number of aromatic nitrogens is 3. The Morgan fingerprint density at radius 1 is 1.28 bits per heavy atom. The summed E-state index contributed by atoms with van der Waals surface area (Å²) in [7, 11) is 0. The zero-order valence-corrected chi connectivity index (χ0v) is 20.1. The van der Waals surface area contributed by atoms with Crippen LogP contribution in [-0.4, -0.2) is 74.6 Å². The Balaban J connectivity index is 1.10. The highest BCUT2D eigenvalue weighted by Crippen LogP contribution is 2.33. The average molecular weight is 513 g/mol. The van der Waals surface area contributed by atoms with Gasteiger partial charge in [0.25, 0.3) is 5.56 Å². The predicted molar refractivity (Wildman–Crippen MR) is 132 cm³/mol. The SMILES string of the molecule is O=C1CSc2ncc(CN[C@H]3CCN(C[C@@H]4COc5c(F)cnc6ccc(=O)n4c56)C[C@H]3O)cc2N1. The van der Waals surface area contributed by atoms with Crippen molar-refractivity contribution in [1.29, 1.82) is 0 Å². The maximum Gasteiger partial charge on any atom is 0.251 e. The van der Waals surface area contributed by atoms with Crippen LogP contribution in [0.25, 0.3) is 11.0 Å². The van der Waals surface area contributed by atoms with Crippen molar-refractivity contribution < 1.29 is 19.0 Å². The minimum atomic E-state index is -0.608. The van der Waals surface area contributed by atoms with Gasteiger partial charge in [0.05, 0.1) is 35.3 Å². The number of β-amino-alcohol motifs (C(OH)–C–C–N with tert-alkyl or cyclic N) is 1. The van der Waals surface area contributed by atoms with Crippen molar-refractivity contribution in [3.8, 4) is 5.75 Å². The largest absolute Gasteiger partial charge is 0.486 e. The van der Waals surface area contributed by atoms with Crippen LogP contribution in [0.1, 0.15) is 18.0 Å². The number of rotatable bonds is 5. The van der Waals surface area contributed by atoms with E-state index in [0.29, 0.717) is 42.8 Å². The molecule has 0 spiro atoms. The number of nitrogens with one attached hydrogen (secondary N) is 2. The molecule has 0 radical (unpaired) electrons. The second-order valence-corrected chi connectivity index (χ2v) is 10.3. The van der Waals surface area contributed by atoms with E-state index in [9.17, 15) is 19.1 Å². The van der Waals surface area contributed by atoms with Gasteiger partial charge in [-0.05, 0) is 30.7 Å². The monoisotopic (exact) mass is 512 g/mol. The first-order chi connectivity index (χ1) is 17.5. The molecule has 3 aromatic heterocycles. The zero-order chi connectivity index (χ0) is 24.8. The first kappa shape index (κ1) is 23.3. The minimum Gasteiger partial charge on any atom is -0.486 e. The number of piperidine rings is 1. The van der Waals surface area contributed by atoms with E-state index in [1.165, 1.54) is 17.8 Å². The second kappa shape index (κ2) is 9.43. The van der Waals surface area contributed by atoms with Crippen molar-refractivity contribution >= 4 is 34.4 Å². The molecule has 10 nitrogen and oxygen atoms in total. The van der Waals surface area contributed by atoms with E-state index in [-0.39, 0.29) is 35.9 Å². The number of aliphatic hydroxyl groups excluding tert-OH is 1. The number of carbonyl (C=O) groups is 1. The van der Waals surface area contributed by atoms with Crippen LogP contribution in [0.4, 0.5) is 10.1 Å². The molecule has 3 atom stereocenters. The van der Waals surface area contributed by atoms with Crippen molar-refractivity contribution in [1.82, 2.24) is 24.8 Å². The number of thioether (sulfide) groups is 1. The predicted octanol–water partition coefficient (Wildman–Crippen LogP) is 1.13. The Morgan fingerprint density at radius 3 is 3.03 bits per heavy atom. The Labute approximate surface area is 209 Å². The van der Waals surface area contributed by atoms with E-state index < -0.39 is 11.9 Å². The van der Waals surface area contributed by atoms with Crippen LogP contribution < -0.4 is 20.9 Å². The van der Waals surface area contributed by atoms with Crippen molar-refractivity contribution in [2.24, 2.45) is 0 Å². The van der Waals surface area contributed by atoms with Gasteiger partial charge in [-0.3, -0.25) is 24.0 Å². The lowest BCUT2D eigenvalue weighted by Crippen LogP contribution is -2.54. The molecule has 1 saturated heterocycles. The molecule has 3 N–H and O–H groups in total. The number of nitrogens with zero attached hydrogens (tertiary/aromatic N) is 4. The molecular weight excluding hydrogens is 487 g/mol. The summed E-state index contributed by atoms with van der Waals surface area (Å²) in [6, 6.07) is 4.52. The third-order valence-corrected chi connectivity index (χ3v) is 7.87. The molecule has 12 heteroatoms. The molecule has 0 bridgehead atoms. The summed E-state index contributed by atoms with van der Waals surface area (Å²) in [4.78, 5) is 35.0. The minimum absolute atomic E-state index is 0.0334. The number of hydrogen-bond donors (Lipinski definition) is 3. The van der Waals surface area contributed by atoms with Gasteiger partial charge < -0.3 is 20.5 Å². The van der Waals surface area contributed by atoms with Crippen LogP contribution in [0.2, 0.25) is 0 Å². The lowest BCUT2D eigenvalue weighted by atomic mass is 10.0. The quantitative estimate of drug-likeness (QED) is 0.462. The van der Waals surface area contributed by atoms with Crippen molar-refractivity contribution in [2.75, 3.05) is 37.3 Å². The van der Waals surface area contributed by atoms with E-state index in [0.717, 1.165) is 29.0 Å². The van der Waals surface area contributed by atoms with Gasteiger partial charge in [-0.2, -0.15) is 0 Å². The van der Waals surface area contributed by atoms with E-state index in [4.69, 9.17) is 4.74 Å². The van der Waals surface area contributed by atoms with E-state index in [2.05, 4.69) is 25.5 Å². The molecule has 6 rings (SSSR count). The van der Waals surface area contributed by atoms with Crippen molar-refractivity contribution in [3.63, 3.8) is 0 Å². The zero-order valence-electron chi connectivity index (χ0n) is 19.3. The van der Waals surface area contributed by atoms with Gasteiger partial charge >= 0.3 is 0 Å². The van der Waals surface area contributed by atoms with Gasteiger partial charge in [0.2, 0.25) is 5.91 Å². The van der Waals surface area contributed by atoms with Crippen molar-refractivity contribution in [3.05, 3.63) is 52.3 Å². The van der Waals surface area contributed by atoms with Crippen LogP contribution in [0.5, 0.6) is 5.75 Å². The molecule has 0 saturated carbocycles. The topological polar surface area (TPSA) is 122 Å². The summed E-state index contributed by atoms with van der Waals surface area (Å²) < 4.78 is 21.5. The number of likely N-dealkylation sites (tertiary alicyclic amines) is 1. The normalized spacial score (nSPS) is 23.7. The van der Waals surface area contributed by atoms with Crippen LogP contribution in [0, 0.1) is 5.82 Å². The maximum atomic E-state index is 14.3. The van der Waals surface area contributed by atoms with Gasteiger partial charge in [-0.25, -0.2) is 9.37 Å². The van der Waals surface area contributed by atoms with Crippen LogP contribution in [0.3, 0.4) is 0 Å². The number of carbonyl (C=O) groups excluding carboxylic acids is 1.